The van der Waals surface area contributed by atoms with Crippen LogP contribution in [0.4, 0.5) is 8.63 Å². The van der Waals surface area contributed by atoms with Crippen LogP contribution in [0.5, 0.6) is 11.5 Å². The van der Waals surface area contributed by atoms with Crippen molar-refractivity contribution >= 4 is 24.3 Å². The molecule has 0 saturated heterocycles. The molecular formula is C45H39BF2N2O2. The van der Waals surface area contributed by atoms with Gasteiger partial charge in [0, 0.05) is 28.0 Å². The highest BCUT2D eigenvalue weighted by atomic mass is 19.2. The number of methoxy groups -OCH3 is 2. The van der Waals surface area contributed by atoms with E-state index in [0.29, 0.717) is 50.8 Å². The van der Waals surface area contributed by atoms with Crippen LogP contribution in [0.1, 0.15) is 44.6 Å². The molecule has 2 heterocycles. The topological polar surface area (TPSA) is 35.8 Å². The highest BCUT2D eigenvalue weighted by molar-refractivity contribution is 6.43. The van der Waals surface area contributed by atoms with Crippen LogP contribution in [0.25, 0.3) is 33.5 Å². The minimum atomic E-state index is -2.91. The molecule has 0 unspecified atom stereocenters. The van der Waals surface area contributed by atoms with E-state index in [4.69, 9.17) is 14.5 Å². The maximum Gasteiger partial charge on any atom is 0.678 e. The molecule has 7 heteroatoms. The third-order valence-electron chi connectivity index (χ3n) is 9.57. The van der Waals surface area contributed by atoms with E-state index in [1.165, 1.54) is 0 Å². The van der Waals surface area contributed by atoms with Gasteiger partial charge in [0.15, 0.2) is 0 Å². The molecule has 258 valence electrons. The number of hydrogen-bond acceptors (Lipinski definition) is 3. The van der Waals surface area contributed by atoms with Crippen LogP contribution in [0.3, 0.4) is 0 Å². The predicted octanol–water partition coefficient (Wildman–Crippen LogP) is 11.2. The molecule has 0 radical (unpaired) electrons. The zero-order valence-corrected chi connectivity index (χ0v) is 30.2. The zero-order valence-electron chi connectivity index (χ0n) is 30.2. The third-order valence-corrected chi connectivity index (χ3v) is 9.57. The van der Waals surface area contributed by atoms with Gasteiger partial charge in [-0.3, -0.25) is 8.63 Å². The van der Waals surface area contributed by atoms with Crippen molar-refractivity contribution in [3.63, 3.8) is 0 Å². The molecule has 0 aliphatic carbocycles. The molecule has 4 nitrogen and oxygen atoms in total. The Morgan fingerprint density at radius 3 is 1.54 bits per heavy atom. The second-order valence-electron chi connectivity index (χ2n) is 13.2. The number of allylic oxidation sites excluding steroid dienone is 2. The predicted molar refractivity (Wildman–Crippen MR) is 211 cm³/mol. The Morgan fingerprint density at radius 2 is 1.06 bits per heavy atom. The third kappa shape index (κ3) is 6.50. The Bertz CT molecular complexity index is 2330. The fourth-order valence-electron chi connectivity index (χ4n) is 6.76. The van der Waals surface area contributed by atoms with Crippen LogP contribution in [0.2, 0.25) is 0 Å². The fourth-order valence-corrected chi connectivity index (χ4v) is 6.76. The lowest BCUT2D eigenvalue weighted by molar-refractivity contribution is 0.392. The van der Waals surface area contributed by atoms with Crippen molar-refractivity contribution in [3.05, 3.63) is 178 Å². The van der Waals surface area contributed by atoms with Crippen molar-refractivity contribution in [2.45, 2.75) is 27.7 Å². The quantitative estimate of drug-likeness (QED) is 0.142. The Morgan fingerprint density at radius 1 is 0.596 bits per heavy atom. The van der Waals surface area contributed by atoms with E-state index in [-0.39, 0.29) is 0 Å². The maximum absolute atomic E-state index is 16.0. The molecule has 0 amide bonds. The summed E-state index contributed by atoms with van der Waals surface area (Å²) in [4.78, 5) is 5.35. The summed E-state index contributed by atoms with van der Waals surface area (Å²) >= 11 is 0. The van der Waals surface area contributed by atoms with Crippen LogP contribution >= 0.6 is 0 Å². The van der Waals surface area contributed by atoms with Gasteiger partial charge in [0.1, 0.15) is 11.5 Å². The summed E-state index contributed by atoms with van der Waals surface area (Å²) in [7, 11) is 0.255. The molecule has 0 bridgehead atoms. The summed E-state index contributed by atoms with van der Waals surface area (Å²) in [6.07, 6.45) is 2.05. The first-order valence-corrected chi connectivity index (χ1v) is 17.2. The van der Waals surface area contributed by atoms with Gasteiger partial charge in [0.05, 0.1) is 36.9 Å². The van der Waals surface area contributed by atoms with Crippen molar-refractivity contribution < 1.29 is 18.1 Å². The monoisotopic (exact) mass is 688 g/mol. The molecule has 0 N–H and O–H groups in total. The number of ether oxygens (including phenoxy) is 2. The lowest BCUT2D eigenvalue weighted by Gasteiger charge is -2.22. The number of rotatable bonds is 9. The number of aromatic nitrogens is 1. The largest absolute Gasteiger partial charge is 0.678 e. The lowest BCUT2D eigenvalue weighted by atomic mass is 9.89. The number of aryl methyl sites for hydroxylation is 4. The first-order valence-electron chi connectivity index (χ1n) is 17.2. The number of nitrogens with zero attached hydrogens (tertiary/aromatic N) is 2. The van der Waals surface area contributed by atoms with Crippen molar-refractivity contribution in [1.82, 2.24) is 4.48 Å². The average Bonchev–Trinajstić information content (AvgIpc) is 3.77. The van der Waals surface area contributed by atoms with Crippen molar-refractivity contribution in [2.75, 3.05) is 14.2 Å². The first kappa shape index (κ1) is 34.5. The molecule has 1 aromatic heterocycles. The van der Waals surface area contributed by atoms with Gasteiger partial charge in [-0.15, -0.1) is 0 Å². The smallest absolute Gasteiger partial charge is 0.496 e. The van der Waals surface area contributed by atoms with Gasteiger partial charge in [-0.05, 0) is 68.7 Å². The number of aliphatic imine (C=N–C) groups is 1. The van der Waals surface area contributed by atoms with Crippen LogP contribution in [-0.4, -0.2) is 31.8 Å². The molecular weight excluding hydrogens is 649 g/mol. The summed E-state index contributed by atoms with van der Waals surface area (Å²) in [5.74, 6) is 0.940. The summed E-state index contributed by atoms with van der Waals surface area (Å²) in [5, 5.41) is 0. The minimum absolute atomic E-state index is 0.305. The van der Waals surface area contributed by atoms with Gasteiger partial charge in [-0.25, -0.2) is 4.99 Å². The normalized spacial score (nSPS) is 13.5. The molecule has 0 saturated carbocycles. The van der Waals surface area contributed by atoms with Crippen LogP contribution in [0.15, 0.2) is 138 Å². The Balaban J connectivity index is 1.69. The molecule has 0 atom stereocenters. The lowest BCUT2D eigenvalue weighted by Crippen LogP contribution is -2.18. The van der Waals surface area contributed by atoms with Crippen molar-refractivity contribution in [3.8, 4) is 33.9 Å². The van der Waals surface area contributed by atoms with E-state index in [2.05, 4.69) is 42.5 Å². The van der Waals surface area contributed by atoms with E-state index >= 15 is 8.63 Å². The van der Waals surface area contributed by atoms with Crippen molar-refractivity contribution in [1.29, 1.82) is 0 Å². The van der Waals surface area contributed by atoms with Gasteiger partial charge in [-0.2, -0.15) is 0 Å². The molecule has 6 aromatic rings. The van der Waals surface area contributed by atoms with Crippen LogP contribution in [0, 0.1) is 27.7 Å². The van der Waals surface area contributed by atoms with Crippen LogP contribution < -0.4 is 9.47 Å². The Labute approximate surface area is 304 Å². The average molecular weight is 689 g/mol. The molecule has 52 heavy (non-hydrogen) atoms. The standard InChI is InChI=1S/C45H39BF2N2O2/c1-28-10-18-32(19-11-28)36-26-38(34-22-14-30(3)15-23-34)49-44(36)43(42-40(51-5)8-7-9-41(42)52-6)45-37(33-20-12-29(2)13-21-33)27-39(50(45)46(47)48)35-24-16-31(4)17-25-35/h7-27H,1-6H3/b44-43-. The molecule has 5 aromatic carbocycles. The summed E-state index contributed by atoms with van der Waals surface area (Å²) in [6.45, 7) is 8.08. The number of halogens is 2. The SMILES string of the molecule is COc1cccc(OC)c1/C(=C1/N=C(c2ccc(C)cc2)C=C1c1ccc(C)cc1)c1c(-c2ccc(C)cc2)cc(-c2ccc(C)cc2)n1B(F)F. The maximum atomic E-state index is 16.0. The van der Waals surface area contributed by atoms with Gasteiger partial charge >= 0.3 is 7.40 Å². The molecule has 0 spiro atoms. The Kier molecular flexibility index (Phi) is 9.52. The summed E-state index contributed by atoms with van der Waals surface area (Å²) < 4.78 is 45.3. The van der Waals surface area contributed by atoms with Gasteiger partial charge in [0.25, 0.3) is 0 Å². The Hall–Kier alpha value is -5.95. The van der Waals surface area contributed by atoms with Gasteiger partial charge in [-0.1, -0.05) is 125 Å². The van der Waals surface area contributed by atoms with Crippen LogP contribution in [-0.2, 0) is 0 Å². The number of benzene rings is 5. The zero-order chi connectivity index (χ0) is 36.5. The first-order chi connectivity index (χ1) is 25.2. The molecule has 1 aliphatic heterocycles. The van der Waals surface area contributed by atoms with E-state index in [0.717, 1.165) is 54.7 Å². The van der Waals surface area contributed by atoms with Crippen molar-refractivity contribution in [2.24, 2.45) is 4.99 Å². The highest BCUT2D eigenvalue weighted by Gasteiger charge is 2.35. The highest BCUT2D eigenvalue weighted by Crippen LogP contribution is 2.49. The second-order valence-corrected chi connectivity index (χ2v) is 13.2. The van der Waals surface area contributed by atoms with E-state index in [1.807, 2.05) is 113 Å². The number of hydrogen-bond donors (Lipinski definition) is 0. The second kappa shape index (κ2) is 14.4. The van der Waals surface area contributed by atoms with E-state index in [9.17, 15) is 0 Å². The molecule has 0 fully saturated rings. The van der Waals surface area contributed by atoms with E-state index < -0.39 is 7.40 Å². The fraction of sp³-hybridized carbons (Fsp3) is 0.133. The van der Waals surface area contributed by atoms with Gasteiger partial charge in [0.2, 0.25) is 0 Å². The minimum Gasteiger partial charge on any atom is -0.496 e. The van der Waals surface area contributed by atoms with E-state index in [1.54, 1.807) is 14.2 Å². The van der Waals surface area contributed by atoms with Gasteiger partial charge < -0.3 is 14.0 Å². The molecule has 1 aliphatic rings. The molecule has 7 rings (SSSR count). The summed E-state index contributed by atoms with van der Waals surface area (Å²) in [5.41, 5.74) is 12.0. The summed E-state index contributed by atoms with van der Waals surface area (Å²) in [6, 6.07) is 39.4.